The first-order chi connectivity index (χ1) is 15.1. The Bertz CT molecular complexity index is 1080. The molecule has 2 aliphatic rings. The summed E-state index contributed by atoms with van der Waals surface area (Å²) < 4.78 is 19.0. The van der Waals surface area contributed by atoms with E-state index in [2.05, 4.69) is 51.0 Å². The number of anilines is 1. The lowest BCUT2D eigenvalue weighted by molar-refractivity contribution is 0.122. The smallest absolute Gasteiger partial charge is 0.320 e. The van der Waals surface area contributed by atoms with Crippen LogP contribution in [0.4, 0.5) is 5.82 Å². The number of aromatic nitrogens is 4. The van der Waals surface area contributed by atoms with Gasteiger partial charge in [-0.3, -0.25) is 0 Å². The van der Waals surface area contributed by atoms with E-state index >= 15 is 0 Å². The maximum Gasteiger partial charge on any atom is 0.320 e. The summed E-state index contributed by atoms with van der Waals surface area (Å²) in [5, 5.41) is 5.66. The average molecular weight is 425 g/mol. The van der Waals surface area contributed by atoms with Crippen molar-refractivity contribution in [1.29, 1.82) is 0 Å². The van der Waals surface area contributed by atoms with Crippen molar-refractivity contribution in [2.75, 3.05) is 58.5 Å². The molecule has 31 heavy (non-hydrogen) atoms. The van der Waals surface area contributed by atoms with Crippen LogP contribution in [0.2, 0.25) is 0 Å². The van der Waals surface area contributed by atoms with E-state index in [1.165, 1.54) is 0 Å². The zero-order valence-corrected chi connectivity index (χ0v) is 18.2. The van der Waals surface area contributed by atoms with Crippen molar-refractivity contribution in [1.82, 2.24) is 24.6 Å². The van der Waals surface area contributed by atoms with Gasteiger partial charge in [0, 0.05) is 43.7 Å². The monoisotopic (exact) mass is 424 g/mol. The average Bonchev–Trinajstić information content (AvgIpc) is 3.39. The van der Waals surface area contributed by atoms with Gasteiger partial charge in [-0.2, -0.15) is 15.1 Å². The lowest BCUT2D eigenvalue weighted by Gasteiger charge is -2.28. The molecule has 4 heterocycles. The van der Waals surface area contributed by atoms with Gasteiger partial charge in [-0.05, 0) is 32.0 Å². The quantitative estimate of drug-likeness (QED) is 0.616. The van der Waals surface area contributed by atoms with Gasteiger partial charge in [0.25, 0.3) is 0 Å². The van der Waals surface area contributed by atoms with Gasteiger partial charge in [-0.25, -0.2) is 4.68 Å². The number of ether oxygens (including phenoxy) is 3. The van der Waals surface area contributed by atoms with Crippen LogP contribution in [0.25, 0.3) is 16.7 Å². The van der Waals surface area contributed by atoms with Crippen molar-refractivity contribution in [2.24, 2.45) is 0 Å². The molecule has 2 aromatic heterocycles. The van der Waals surface area contributed by atoms with Crippen LogP contribution < -0.4 is 14.4 Å². The molecule has 2 saturated heterocycles. The number of hydrogen-bond donors (Lipinski definition) is 0. The molecule has 0 radical (unpaired) electrons. The fourth-order valence-corrected chi connectivity index (χ4v) is 4.20. The minimum Gasteiger partial charge on any atom is -0.489 e. The molecule has 164 valence electrons. The van der Waals surface area contributed by atoms with Gasteiger partial charge in [-0.15, -0.1) is 0 Å². The second kappa shape index (κ2) is 8.32. The Hall–Kier alpha value is -2.91. The molecule has 0 aliphatic carbocycles. The van der Waals surface area contributed by atoms with Crippen LogP contribution in [0, 0.1) is 6.92 Å². The third-order valence-corrected chi connectivity index (χ3v) is 5.92. The first-order valence-corrected chi connectivity index (χ1v) is 10.7. The van der Waals surface area contributed by atoms with Crippen molar-refractivity contribution in [3.63, 3.8) is 0 Å². The Balaban J connectivity index is 1.52. The van der Waals surface area contributed by atoms with Crippen molar-refractivity contribution < 1.29 is 14.2 Å². The molecule has 0 spiro atoms. The van der Waals surface area contributed by atoms with E-state index in [0.717, 1.165) is 60.6 Å². The van der Waals surface area contributed by atoms with Crippen LogP contribution in [0.15, 0.2) is 24.4 Å². The summed E-state index contributed by atoms with van der Waals surface area (Å²) in [5.74, 6) is 2.37. The highest BCUT2D eigenvalue weighted by Gasteiger charge is 2.22. The Morgan fingerprint density at radius 2 is 1.87 bits per heavy atom. The number of benzene rings is 1. The molecule has 0 bridgehead atoms. The number of rotatable bonds is 5. The van der Waals surface area contributed by atoms with Gasteiger partial charge in [0.1, 0.15) is 17.7 Å². The van der Waals surface area contributed by atoms with E-state index in [9.17, 15) is 0 Å². The molecule has 9 heteroatoms. The SMILES string of the molecule is COc1nc(N2CCOCC2)cc(-n2ncc3cc(C)c(O[C@H]4CCN(C)C4)cc32)n1. The normalized spacial score (nSPS) is 19.8. The number of methoxy groups -OCH3 is 1. The molecule has 3 aromatic rings. The van der Waals surface area contributed by atoms with Gasteiger partial charge in [0.15, 0.2) is 5.82 Å². The molecule has 0 N–H and O–H groups in total. The highest BCUT2D eigenvalue weighted by Crippen LogP contribution is 2.30. The van der Waals surface area contributed by atoms with Gasteiger partial charge in [0.05, 0.1) is 32.0 Å². The number of nitrogens with zero attached hydrogens (tertiary/aromatic N) is 6. The molecule has 2 fully saturated rings. The van der Waals surface area contributed by atoms with Gasteiger partial charge in [0.2, 0.25) is 0 Å². The maximum absolute atomic E-state index is 6.35. The first-order valence-electron chi connectivity index (χ1n) is 10.7. The van der Waals surface area contributed by atoms with E-state index < -0.39 is 0 Å². The molecule has 1 aromatic carbocycles. The fourth-order valence-electron chi connectivity index (χ4n) is 4.20. The van der Waals surface area contributed by atoms with E-state index in [1.54, 1.807) is 7.11 Å². The molecule has 1 atom stereocenters. The lowest BCUT2D eigenvalue weighted by Crippen LogP contribution is -2.36. The first kappa shape index (κ1) is 20.0. The number of aryl methyl sites for hydroxylation is 1. The van der Waals surface area contributed by atoms with Crippen LogP contribution >= 0.6 is 0 Å². The van der Waals surface area contributed by atoms with E-state index in [1.807, 2.05) is 16.9 Å². The second-order valence-corrected chi connectivity index (χ2v) is 8.19. The number of morpholine rings is 1. The van der Waals surface area contributed by atoms with Gasteiger partial charge < -0.3 is 24.0 Å². The summed E-state index contributed by atoms with van der Waals surface area (Å²) in [5.41, 5.74) is 2.05. The van der Waals surface area contributed by atoms with Crippen molar-refractivity contribution >= 4 is 16.7 Å². The Kier molecular flexibility index (Phi) is 5.37. The molecule has 0 amide bonds. The minimum atomic E-state index is 0.213. The maximum atomic E-state index is 6.35. The van der Waals surface area contributed by atoms with Crippen LogP contribution in [-0.4, -0.2) is 84.3 Å². The van der Waals surface area contributed by atoms with E-state index in [4.69, 9.17) is 14.2 Å². The van der Waals surface area contributed by atoms with Crippen LogP contribution in [0.3, 0.4) is 0 Å². The molecular weight excluding hydrogens is 396 g/mol. The molecule has 0 unspecified atom stereocenters. The summed E-state index contributed by atoms with van der Waals surface area (Å²) in [6, 6.07) is 6.46. The molecule has 5 rings (SSSR count). The molecule has 9 nitrogen and oxygen atoms in total. The summed E-state index contributed by atoms with van der Waals surface area (Å²) in [6.45, 7) is 7.02. The summed E-state index contributed by atoms with van der Waals surface area (Å²) >= 11 is 0. The zero-order valence-electron chi connectivity index (χ0n) is 18.2. The van der Waals surface area contributed by atoms with E-state index in [-0.39, 0.29) is 6.10 Å². The Morgan fingerprint density at radius 1 is 1.06 bits per heavy atom. The molecular formula is C22H28N6O3. The van der Waals surface area contributed by atoms with Crippen LogP contribution in [-0.2, 0) is 4.74 Å². The Labute approximate surface area is 181 Å². The molecule has 2 aliphatic heterocycles. The van der Waals surface area contributed by atoms with Crippen molar-refractivity contribution in [3.05, 3.63) is 30.0 Å². The highest BCUT2D eigenvalue weighted by atomic mass is 16.5. The largest absolute Gasteiger partial charge is 0.489 e. The lowest BCUT2D eigenvalue weighted by atomic mass is 10.1. The molecule has 0 saturated carbocycles. The van der Waals surface area contributed by atoms with Gasteiger partial charge in [-0.1, -0.05) is 0 Å². The van der Waals surface area contributed by atoms with E-state index in [0.29, 0.717) is 25.0 Å². The van der Waals surface area contributed by atoms with Crippen LogP contribution in [0.1, 0.15) is 12.0 Å². The van der Waals surface area contributed by atoms with Crippen LogP contribution in [0.5, 0.6) is 11.8 Å². The number of hydrogen-bond acceptors (Lipinski definition) is 8. The van der Waals surface area contributed by atoms with Gasteiger partial charge >= 0.3 is 6.01 Å². The topological polar surface area (TPSA) is 77.8 Å². The predicted molar refractivity (Wildman–Crippen MR) is 118 cm³/mol. The van der Waals surface area contributed by atoms with Crippen molar-refractivity contribution in [3.8, 4) is 17.6 Å². The number of likely N-dealkylation sites (N-methyl/N-ethyl adjacent to an activating group) is 1. The summed E-state index contributed by atoms with van der Waals surface area (Å²) in [6.07, 6.45) is 3.11. The standard InChI is InChI=1S/C22H28N6O3/c1-15-10-16-13-23-28(18(16)11-19(15)31-17-4-5-26(2)14-17)21-12-20(24-22(25-21)29-3)27-6-8-30-9-7-27/h10-13,17H,4-9,14H2,1-3H3/t17-/m0/s1. The third kappa shape index (κ3) is 4.03. The minimum absolute atomic E-state index is 0.213. The fraction of sp³-hybridized carbons (Fsp3) is 0.500. The summed E-state index contributed by atoms with van der Waals surface area (Å²) in [4.78, 5) is 13.6. The zero-order chi connectivity index (χ0) is 21.4. The van der Waals surface area contributed by atoms with Crippen molar-refractivity contribution in [2.45, 2.75) is 19.4 Å². The Morgan fingerprint density at radius 3 is 2.61 bits per heavy atom. The second-order valence-electron chi connectivity index (χ2n) is 8.19. The summed E-state index contributed by atoms with van der Waals surface area (Å²) in [7, 11) is 3.71. The number of likely N-dealkylation sites (tertiary alicyclic amines) is 1. The number of fused-ring (bicyclic) bond motifs is 1. The third-order valence-electron chi connectivity index (χ3n) is 5.92. The highest BCUT2D eigenvalue weighted by molar-refractivity contribution is 5.83. The predicted octanol–water partition coefficient (Wildman–Crippen LogP) is 2.05.